The summed E-state index contributed by atoms with van der Waals surface area (Å²) >= 11 is -2.27. The highest BCUT2D eigenvalue weighted by atomic mass is 32.2. The van der Waals surface area contributed by atoms with Crippen molar-refractivity contribution >= 4 is 33.7 Å². The van der Waals surface area contributed by atoms with Gasteiger partial charge >= 0.3 is 0 Å². The van der Waals surface area contributed by atoms with Crippen LogP contribution in [0.1, 0.15) is 27.0 Å². The molecule has 3 aromatic carbocycles. The molecule has 2 unspecified atom stereocenters. The number of aliphatic hydroxyl groups is 1. The van der Waals surface area contributed by atoms with Gasteiger partial charge < -0.3 is 14.6 Å². The van der Waals surface area contributed by atoms with Gasteiger partial charge in [0.15, 0.2) is 5.72 Å². The van der Waals surface area contributed by atoms with Crippen molar-refractivity contribution in [2.24, 2.45) is 0 Å². The molecule has 0 bridgehead atoms. The van der Waals surface area contributed by atoms with Crippen LogP contribution in [0.2, 0.25) is 0 Å². The lowest BCUT2D eigenvalue weighted by molar-refractivity contribution is 0.0704. The molecule has 5 rings (SSSR count). The molecule has 30 heavy (non-hydrogen) atoms. The summed E-state index contributed by atoms with van der Waals surface area (Å²) < 4.78 is 22.3. The molecule has 0 aliphatic carbocycles. The van der Waals surface area contributed by atoms with Crippen LogP contribution in [0.5, 0.6) is 0 Å². The summed E-state index contributed by atoms with van der Waals surface area (Å²) in [7, 11) is 0. The van der Waals surface area contributed by atoms with Gasteiger partial charge in [-0.2, -0.15) is 0 Å². The highest BCUT2D eigenvalue weighted by molar-refractivity contribution is 7.78. The van der Waals surface area contributed by atoms with Crippen LogP contribution in [0, 0.1) is 0 Å². The number of nitrogens with one attached hydrogen (secondary N) is 1. The predicted molar refractivity (Wildman–Crippen MR) is 111 cm³/mol. The second-order valence-corrected chi connectivity index (χ2v) is 8.01. The van der Waals surface area contributed by atoms with Crippen molar-refractivity contribution in [3.8, 4) is 0 Å². The number of amides is 1. The number of rotatable bonds is 4. The zero-order valence-corrected chi connectivity index (χ0v) is 16.4. The molecule has 0 saturated carbocycles. The number of nitrogens with zero attached hydrogens (tertiary/aromatic N) is 2. The lowest BCUT2D eigenvalue weighted by Crippen LogP contribution is -2.45. The van der Waals surface area contributed by atoms with Crippen LogP contribution < -0.4 is 4.90 Å². The van der Waals surface area contributed by atoms with Gasteiger partial charge in [0.1, 0.15) is 0 Å². The van der Waals surface area contributed by atoms with E-state index in [-0.39, 0.29) is 11.7 Å². The number of benzene rings is 3. The Kier molecular flexibility index (Phi) is 4.28. The largest absolute Gasteiger partial charge is 0.772 e. The van der Waals surface area contributed by atoms with E-state index in [1.807, 2.05) is 0 Å². The zero-order valence-electron chi connectivity index (χ0n) is 15.6. The Morgan fingerprint density at radius 3 is 2.77 bits per heavy atom. The van der Waals surface area contributed by atoms with Crippen molar-refractivity contribution in [3.63, 3.8) is 0 Å². The van der Waals surface area contributed by atoms with Crippen LogP contribution in [0.3, 0.4) is 0 Å². The third kappa shape index (κ3) is 2.77. The number of aromatic amines is 1. The maximum atomic E-state index is 13.4. The SMILES string of the molecule is O=C1c2ccccc2C(O)(c2ccc3nc[nH]c3c2)N1c1cccc(CS(=O)[O-])c1. The number of anilines is 1. The number of fused-ring (bicyclic) bond motifs is 2. The number of H-pyrrole nitrogens is 1. The first-order valence-corrected chi connectivity index (χ1v) is 10.5. The van der Waals surface area contributed by atoms with E-state index in [4.69, 9.17) is 0 Å². The number of imidazole rings is 1. The van der Waals surface area contributed by atoms with E-state index in [9.17, 15) is 18.7 Å². The van der Waals surface area contributed by atoms with Crippen LogP contribution in [-0.4, -0.2) is 29.7 Å². The van der Waals surface area contributed by atoms with Crippen LogP contribution in [-0.2, 0) is 22.6 Å². The van der Waals surface area contributed by atoms with Crippen molar-refractivity contribution in [1.82, 2.24) is 9.97 Å². The Morgan fingerprint density at radius 2 is 1.93 bits per heavy atom. The van der Waals surface area contributed by atoms with Crippen molar-refractivity contribution in [2.75, 3.05) is 4.90 Å². The molecule has 1 aromatic heterocycles. The summed E-state index contributed by atoms with van der Waals surface area (Å²) in [4.78, 5) is 21.9. The normalized spacial score (nSPS) is 19.3. The molecule has 2 atom stereocenters. The quantitative estimate of drug-likeness (QED) is 0.495. The van der Waals surface area contributed by atoms with Crippen molar-refractivity contribution in [1.29, 1.82) is 0 Å². The minimum atomic E-state index is -2.27. The molecule has 4 aromatic rings. The van der Waals surface area contributed by atoms with E-state index in [1.165, 1.54) is 4.90 Å². The standard InChI is InChI=1S/C22H17N3O4S/c26-21-17-6-1-2-7-18(17)22(27,15-8-9-19-20(11-15)24-13-23-19)25(21)16-5-3-4-14(10-16)12-30(28)29/h1-11,13,27H,12H2,(H,23,24)(H,28,29)/p-1. The smallest absolute Gasteiger partial charge is 0.261 e. The Bertz CT molecular complexity index is 1320. The number of hydrogen-bond donors (Lipinski definition) is 2. The number of carbonyl (C=O) groups is 1. The molecule has 1 aliphatic heterocycles. The van der Waals surface area contributed by atoms with Crippen LogP contribution in [0.4, 0.5) is 5.69 Å². The molecule has 0 radical (unpaired) electrons. The first-order chi connectivity index (χ1) is 14.5. The van der Waals surface area contributed by atoms with Gasteiger partial charge in [-0.25, -0.2) is 4.98 Å². The van der Waals surface area contributed by atoms with Gasteiger partial charge in [0.05, 0.1) is 17.4 Å². The van der Waals surface area contributed by atoms with Gasteiger partial charge in [0.2, 0.25) is 0 Å². The number of carbonyl (C=O) groups excluding carboxylic acids is 1. The first-order valence-electron chi connectivity index (χ1n) is 9.23. The molecule has 0 fully saturated rings. The fourth-order valence-electron chi connectivity index (χ4n) is 4.02. The van der Waals surface area contributed by atoms with Crippen molar-refractivity contribution < 1.29 is 18.7 Å². The van der Waals surface area contributed by atoms with Gasteiger partial charge in [-0.05, 0) is 35.9 Å². The Balaban J connectivity index is 1.73. The average Bonchev–Trinajstić information content (AvgIpc) is 3.29. The van der Waals surface area contributed by atoms with E-state index >= 15 is 0 Å². The lowest BCUT2D eigenvalue weighted by atomic mass is 9.93. The van der Waals surface area contributed by atoms with Gasteiger partial charge in [0.25, 0.3) is 5.91 Å². The van der Waals surface area contributed by atoms with E-state index in [0.717, 1.165) is 11.0 Å². The summed E-state index contributed by atoms with van der Waals surface area (Å²) in [5.41, 5.74) is 1.99. The van der Waals surface area contributed by atoms with Crippen molar-refractivity contribution in [3.05, 3.63) is 95.3 Å². The van der Waals surface area contributed by atoms with Gasteiger partial charge in [-0.1, -0.05) is 47.5 Å². The Hall–Kier alpha value is -3.33. The summed E-state index contributed by atoms with van der Waals surface area (Å²) in [5, 5.41) is 12.0. The second kappa shape index (κ2) is 6.88. The third-order valence-corrected chi connectivity index (χ3v) is 5.90. The Labute approximate surface area is 174 Å². The zero-order chi connectivity index (χ0) is 20.9. The monoisotopic (exact) mass is 418 g/mol. The van der Waals surface area contributed by atoms with Gasteiger partial charge in [-0.15, -0.1) is 0 Å². The molecule has 1 aliphatic rings. The Morgan fingerprint density at radius 1 is 1.10 bits per heavy atom. The van der Waals surface area contributed by atoms with Gasteiger partial charge in [-0.3, -0.25) is 13.9 Å². The minimum Gasteiger partial charge on any atom is -0.772 e. The van der Waals surface area contributed by atoms with E-state index < -0.39 is 16.8 Å². The summed E-state index contributed by atoms with van der Waals surface area (Å²) in [5.74, 6) is -0.542. The molecule has 2 heterocycles. The van der Waals surface area contributed by atoms with Crippen LogP contribution in [0.25, 0.3) is 11.0 Å². The molecule has 2 N–H and O–H groups in total. The first kappa shape index (κ1) is 18.7. The highest BCUT2D eigenvalue weighted by Gasteiger charge is 2.50. The molecular weight excluding hydrogens is 402 g/mol. The molecule has 0 spiro atoms. The highest BCUT2D eigenvalue weighted by Crippen LogP contribution is 2.45. The maximum Gasteiger partial charge on any atom is 0.261 e. The number of aromatic nitrogens is 2. The van der Waals surface area contributed by atoms with Crippen LogP contribution in [0.15, 0.2) is 73.1 Å². The summed E-state index contributed by atoms with van der Waals surface area (Å²) in [6.07, 6.45) is 1.57. The summed E-state index contributed by atoms with van der Waals surface area (Å²) in [6, 6.07) is 18.8. The minimum absolute atomic E-state index is 0.179. The van der Waals surface area contributed by atoms with E-state index in [2.05, 4.69) is 9.97 Å². The molecule has 7 nitrogen and oxygen atoms in total. The van der Waals surface area contributed by atoms with Crippen molar-refractivity contribution in [2.45, 2.75) is 11.5 Å². The number of hydrogen-bond acceptors (Lipinski definition) is 5. The van der Waals surface area contributed by atoms with E-state index in [0.29, 0.717) is 27.9 Å². The second-order valence-electron chi connectivity index (χ2n) is 7.11. The molecule has 0 saturated heterocycles. The summed E-state index contributed by atoms with van der Waals surface area (Å²) in [6.45, 7) is 0. The molecule has 150 valence electrons. The fourth-order valence-corrected chi connectivity index (χ4v) is 4.48. The third-order valence-electron chi connectivity index (χ3n) is 5.34. The fraction of sp³-hybridized carbons (Fsp3) is 0.0909. The lowest BCUT2D eigenvalue weighted by Gasteiger charge is -2.35. The van der Waals surface area contributed by atoms with Gasteiger partial charge in [0, 0.05) is 28.1 Å². The topological polar surface area (TPSA) is 109 Å². The molecule has 8 heteroatoms. The molecule has 1 amide bonds. The van der Waals surface area contributed by atoms with Crippen LogP contribution >= 0.6 is 0 Å². The predicted octanol–water partition coefficient (Wildman–Crippen LogP) is 2.80. The average molecular weight is 418 g/mol. The maximum absolute atomic E-state index is 13.4. The van der Waals surface area contributed by atoms with E-state index in [1.54, 1.807) is 73.1 Å². The molecular formula is C22H16N3O4S-.